The van der Waals surface area contributed by atoms with Crippen molar-refractivity contribution in [3.05, 3.63) is 28.5 Å². The summed E-state index contributed by atoms with van der Waals surface area (Å²) in [5, 5.41) is 8.70. The summed E-state index contributed by atoms with van der Waals surface area (Å²) in [5.41, 5.74) is 5.61. The molecule has 1 rings (SSSR count). The molecule has 0 radical (unpaired) electrons. The lowest BCUT2D eigenvalue weighted by atomic mass is 9.98. The molecule has 1 aromatic rings. The van der Waals surface area contributed by atoms with Gasteiger partial charge in [-0.2, -0.15) is 0 Å². The number of ether oxygens (including phenoxy) is 1. The minimum atomic E-state index is -1.11. The molecule has 0 aliphatic rings. The first-order valence-corrected chi connectivity index (χ1v) is 4.85. The Morgan fingerprint density at radius 3 is 2.75 bits per heavy atom. The van der Waals surface area contributed by atoms with Gasteiger partial charge >= 0.3 is 5.97 Å². The number of hydrogen-bond acceptors (Lipinski definition) is 3. The lowest BCUT2D eigenvalue weighted by Crippen LogP contribution is -2.21. The summed E-state index contributed by atoms with van der Waals surface area (Å²) < 4.78 is 18.0. The second kappa shape index (κ2) is 5.14. The van der Waals surface area contributed by atoms with E-state index in [2.05, 4.69) is 0 Å². The number of hydrogen-bond donors (Lipinski definition) is 2. The normalized spacial score (nSPS) is 12.2. The largest absolute Gasteiger partial charge is 0.495 e. The molecule has 16 heavy (non-hydrogen) atoms. The highest BCUT2D eigenvalue weighted by molar-refractivity contribution is 6.32. The van der Waals surface area contributed by atoms with Crippen molar-refractivity contribution in [3.8, 4) is 5.75 Å². The second-order valence-electron chi connectivity index (χ2n) is 3.11. The molecule has 6 heteroatoms. The van der Waals surface area contributed by atoms with Crippen molar-refractivity contribution in [2.24, 2.45) is 5.73 Å². The fourth-order valence-electron chi connectivity index (χ4n) is 1.39. The maximum atomic E-state index is 13.1. The minimum Gasteiger partial charge on any atom is -0.495 e. The van der Waals surface area contributed by atoms with Crippen LogP contribution in [-0.2, 0) is 4.79 Å². The van der Waals surface area contributed by atoms with Gasteiger partial charge in [0, 0.05) is 12.1 Å². The van der Waals surface area contributed by atoms with Gasteiger partial charge in [-0.15, -0.1) is 0 Å². The lowest BCUT2D eigenvalue weighted by molar-refractivity contribution is -0.138. The zero-order valence-electron chi connectivity index (χ0n) is 8.54. The van der Waals surface area contributed by atoms with Crippen LogP contribution in [0, 0.1) is 5.82 Å². The molecular weight excluding hydrogens is 237 g/mol. The van der Waals surface area contributed by atoms with Crippen LogP contribution in [0.25, 0.3) is 0 Å². The zero-order chi connectivity index (χ0) is 12.3. The summed E-state index contributed by atoms with van der Waals surface area (Å²) in [7, 11) is 1.29. The molecule has 0 amide bonds. The van der Waals surface area contributed by atoms with Gasteiger partial charge in [0.1, 0.15) is 16.6 Å². The quantitative estimate of drug-likeness (QED) is 0.848. The number of carbonyl (C=O) groups is 1. The van der Waals surface area contributed by atoms with E-state index in [9.17, 15) is 9.18 Å². The number of methoxy groups -OCH3 is 1. The third-order valence-corrected chi connectivity index (χ3v) is 2.55. The molecule has 88 valence electrons. The van der Waals surface area contributed by atoms with E-state index in [0.29, 0.717) is 0 Å². The summed E-state index contributed by atoms with van der Waals surface area (Å²) in [5.74, 6) is -2.72. The van der Waals surface area contributed by atoms with Gasteiger partial charge in [-0.25, -0.2) is 4.39 Å². The maximum absolute atomic E-state index is 13.1. The lowest BCUT2D eigenvalue weighted by Gasteiger charge is -2.15. The number of aliphatic carboxylic acids is 1. The molecule has 0 spiro atoms. The molecule has 0 saturated carbocycles. The Morgan fingerprint density at radius 1 is 1.69 bits per heavy atom. The molecule has 0 aromatic heterocycles. The zero-order valence-corrected chi connectivity index (χ0v) is 9.29. The number of benzene rings is 1. The fraction of sp³-hybridized carbons (Fsp3) is 0.300. The summed E-state index contributed by atoms with van der Waals surface area (Å²) in [6.07, 6.45) is 0. The van der Waals surface area contributed by atoms with Crippen molar-refractivity contribution < 1.29 is 19.0 Å². The van der Waals surface area contributed by atoms with Gasteiger partial charge in [0.2, 0.25) is 0 Å². The molecule has 1 atom stereocenters. The van der Waals surface area contributed by atoms with Gasteiger partial charge in [-0.3, -0.25) is 4.79 Å². The Bertz CT molecular complexity index is 411. The predicted octanol–water partition coefficient (Wildman–Crippen LogP) is 1.61. The van der Waals surface area contributed by atoms with E-state index >= 15 is 0 Å². The van der Waals surface area contributed by atoms with Crippen molar-refractivity contribution in [2.75, 3.05) is 13.7 Å². The number of rotatable bonds is 4. The van der Waals surface area contributed by atoms with Gasteiger partial charge in [0.15, 0.2) is 0 Å². The van der Waals surface area contributed by atoms with Crippen LogP contribution in [0.1, 0.15) is 11.5 Å². The first kappa shape index (κ1) is 12.7. The van der Waals surface area contributed by atoms with Gasteiger partial charge < -0.3 is 15.6 Å². The average molecular weight is 248 g/mol. The van der Waals surface area contributed by atoms with E-state index in [1.54, 1.807) is 0 Å². The van der Waals surface area contributed by atoms with Crippen molar-refractivity contribution in [3.63, 3.8) is 0 Å². The SMILES string of the molecule is COc1c(C(CN)C(=O)O)ccc(F)c1Cl. The van der Waals surface area contributed by atoms with Crippen molar-refractivity contribution in [1.82, 2.24) is 0 Å². The Hall–Kier alpha value is -1.33. The topological polar surface area (TPSA) is 72.5 Å². The maximum Gasteiger partial charge on any atom is 0.312 e. The van der Waals surface area contributed by atoms with Gasteiger partial charge in [-0.05, 0) is 6.07 Å². The average Bonchev–Trinajstić information content (AvgIpc) is 2.24. The molecule has 3 N–H and O–H groups in total. The Balaban J connectivity index is 3.32. The van der Waals surface area contributed by atoms with Crippen LogP contribution < -0.4 is 10.5 Å². The van der Waals surface area contributed by atoms with E-state index in [1.807, 2.05) is 0 Å². The number of carboxylic acid groups (broad SMARTS) is 1. The summed E-state index contributed by atoms with van der Waals surface area (Å²) in [6.45, 7) is -0.117. The molecule has 0 bridgehead atoms. The molecule has 0 heterocycles. The summed E-state index contributed by atoms with van der Waals surface area (Å²) in [4.78, 5) is 10.9. The fourth-order valence-corrected chi connectivity index (χ4v) is 1.64. The Labute approximate surface area is 96.8 Å². The van der Waals surface area contributed by atoms with E-state index in [4.69, 9.17) is 27.2 Å². The molecule has 4 nitrogen and oxygen atoms in total. The van der Waals surface area contributed by atoms with Gasteiger partial charge in [0.05, 0.1) is 13.0 Å². The van der Waals surface area contributed by atoms with Crippen molar-refractivity contribution >= 4 is 17.6 Å². The summed E-state index contributed by atoms with van der Waals surface area (Å²) in [6, 6.07) is 2.40. The van der Waals surface area contributed by atoms with Crippen molar-refractivity contribution in [1.29, 1.82) is 0 Å². The molecule has 1 aromatic carbocycles. The van der Waals surface area contributed by atoms with Crippen LogP contribution >= 0.6 is 11.6 Å². The molecule has 1 unspecified atom stereocenters. The summed E-state index contributed by atoms with van der Waals surface area (Å²) >= 11 is 5.67. The minimum absolute atomic E-state index is 0.0134. The highest BCUT2D eigenvalue weighted by Crippen LogP contribution is 2.35. The van der Waals surface area contributed by atoms with Crippen LogP contribution in [0.5, 0.6) is 5.75 Å². The Kier molecular flexibility index (Phi) is 4.09. The second-order valence-corrected chi connectivity index (χ2v) is 3.49. The third-order valence-electron chi connectivity index (χ3n) is 2.19. The molecule has 0 fully saturated rings. The van der Waals surface area contributed by atoms with Crippen molar-refractivity contribution in [2.45, 2.75) is 5.92 Å². The number of nitrogens with two attached hydrogens (primary N) is 1. The van der Waals surface area contributed by atoms with Crippen LogP contribution in [0.2, 0.25) is 5.02 Å². The van der Waals surface area contributed by atoms with E-state index in [1.165, 1.54) is 13.2 Å². The molecule has 0 aliphatic carbocycles. The van der Waals surface area contributed by atoms with Crippen LogP contribution in [0.4, 0.5) is 4.39 Å². The molecular formula is C10H11ClFNO3. The smallest absolute Gasteiger partial charge is 0.312 e. The predicted molar refractivity (Wildman–Crippen MR) is 57.4 cm³/mol. The van der Waals surface area contributed by atoms with E-state index in [0.717, 1.165) is 6.07 Å². The Morgan fingerprint density at radius 2 is 2.31 bits per heavy atom. The first-order valence-electron chi connectivity index (χ1n) is 4.47. The van der Waals surface area contributed by atoms with Crippen LogP contribution in [0.15, 0.2) is 12.1 Å². The number of halogens is 2. The highest BCUT2D eigenvalue weighted by Gasteiger charge is 2.24. The standard InChI is InChI=1S/C10H11ClFNO3/c1-16-9-5(6(4-13)10(14)15)2-3-7(12)8(9)11/h2-3,6H,4,13H2,1H3,(H,14,15). The van der Waals surface area contributed by atoms with E-state index < -0.39 is 17.7 Å². The monoisotopic (exact) mass is 247 g/mol. The number of carboxylic acids is 1. The molecule has 0 aliphatic heterocycles. The van der Waals surface area contributed by atoms with Gasteiger partial charge in [0.25, 0.3) is 0 Å². The van der Waals surface area contributed by atoms with Crippen LogP contribution in [-0.4, -0.2) is 24.7 Å². The third kappa shape index (κ3) is 2.25. The first-order chi connectivity index (χ1) is 7.52. The highest BCUT2D eigenvalue weighted by atomic mass is 35.5. The molecule has 0 saturated heterocycles. The van der Waals surface area contributed by atoms with Crippen LogP contribution in [0.3, 0.4) is 0 Å². The van der Waals surface area contributed by atoms with Gasteiger partial charge in [-0.1, -0.05) is 17.7 Å². The van der Waals surface area contributed by atoms with E-state index in [-0.39, 0.29) is 22.9 Å².